The quantitative estimate of drug-likeness (QED) is 0.767. The fourth-order valence-corrected chi connectivity index (χ4v) is 1.66. The highest BCUT2D eigenvalue weighted by Gasteiger charge is 2.06. The number of carbonyl (C=O) groups excluding carboxylic acids is 1. The highest BCUT2D eigenvalue weighted by Crippen LogP contribution is 2.13. The maximum absolute atomic E-state index is 11.8. The zero-order valence-electron chi connectivity index (χ0n) is 9.16. The van der Waals surface area contributed by atoms with Crippen LogP contribution >= 0.6 is 15.9 Å². The Bertz CT molecular complexity index is 338. The highest BCUT2D eigenvalue weighted by atomic mass is 79.9. The molecule has 0 atom stereocenters. The molecule has 15 heavy (non-hydrogen) atoms. The molecular formula is C12H16BrNO. The van der Waals surface area contributed by atoms with Crippen LogP contribution < -0.4 is 0 Å². The Morgan fingerprint density at radius 2 is 2.20 bits per heavy atom. The lowest BCUT2D eigenvalue weighted by Crippen LogP contribution is -2.21. The summed E-state index contributed by atoms with van der Waals surface area (Å²) >= 11 is 3.36. The van der Waals surface area contributed by atoms with Gasteiger partial charge in [0.15, 0.2) is 5.78 Å². The van der Waals surface area contributed by atoms with Gasteiger partial charge in [-0.2, -0.15) is 0 Å². The van der Waals surface area contributed by atoms with Crippen molar-refractivity contribution >= 4 is 21.7 Å². The monoisotopic (exact) mass is 269 g/mol. The minimum absolute atomic E-state index is 0.205. The molecule has 0 aliphatic heterocycles. The van der Waals surface area contributed by atoms with Gasteiger partial charge in [0.2, 0.25) is 0 Å². The Morgan fingerprint density at radius 1 is 1.47 bits per heavy atom. The molecule has 0 N–H and O–H groups in total. The van der Waals surface area contributed by atoms with Crippen LogP contribution in [-0.4, -0.2) is 30.8 Å². The predicted octanol–water partition coefficient (Wildman–Crippen LogP) is 2.97. The smallest absolute Gasteiger partial charge is 0.164 e. The molecule has 0 fully saturated rings. The lowest BCUT2D eigenvalue weighted by Gasteiger charge is -2.12. The summed E-state index contributed by atoms with van der Waals surface area (Å²) in [5.41, 5.74) is 0.786. The lowest BCUT2D eigenvalue weighted by atomic mass is 10.1. The molecule has 1 aromatic rings. The summed E-state index contributed by atoms with van der Waals surface area (Å²) in [5, 5.41) is 0. The molecule has 0 bridgehead atoms. The normalized spacial score (nSPS) is 10.7. The number of Topliss-reactive ketones (excluding diaryl/α,β-unsaturated/α-hetero) is 1. The molecule has 0 unspecified atom stereocenters. The van der Waals surface area contributed by atoms with E-state index in [1.54, 1.807) is 0 Å². The zero-order chi connectivity index (χ0) is 11.3. The van der Waals surface area contributed by atoms with E-state index in [2.05, 4.69) is 27.8 Å². The fraction of sp³-hybridized carbons (Fsp3) is 0.417. The molecule has 2 nitrogen and oxygen atoms in total. The molecule has 0 spiro atoms. The minimum atomic E-state index is 0.205. The summed E-state index contributed by atoms with van der Waals surface area (Å²) in [6.07, 6.45) is 0.584. The first-order valence-electron chi connectivity index (χ1n) is 5.10. The van der Waals surface area contributed by atoms with Crippen molar-refractivity contribution < 1.29 is 4.79 Å². The molecule has 0 saturated heterocycles. The van der Waals surface area contributed by atoms with E-state index in [0.29, 0.717) is 6.42 Å². The Balaban J connectivity index is 2.54. The van der Waals surface area contributed by atoms with E-state index in [1.807, 2.05) is 31.3 Å². The summed E-state index contributed by atoms with van der Waals surface area (Å²) in [6.45, 7) is 3.89. The molecule has 0 aliphatic rings. The number of rotatable bonds is 5. The number of hydrogen-bond acceptors (Lipinski definition) is 2. The van der Waals surface area contributed by atoms with Crippen molar-refractivity contribution in [3.8, 4) is 0 Å². The number of ketones is 1. The summed E-state index contributed by atoms with van der Waals surface area (Å²) in [6, 6.07) is 7.54. The molecule has 1 rings (SSSR count). The van der Waals surface area contributed by atoms with Gasteiger partial charge in [-0.1, -0.05) is 35.0 Å². The van der Waals surface area contributed by atoms with E-state index in [9.17, 15) is 4.79 Å². The largest absolute Gasteiger partial charge is 0.306 e. The first kappa shape index (κ1) is 12.4. The number of benzene rings is 1. The van der Waals surface area contributed by atoms with Crippen LogP contribution in [0.25, 0.3) is 0 Å². The Kier molecular flexibility index (Phi) is 4.99. The summed E-state index contributed by atoms with van der Waals surface area (Å²) in [7, 11) is 2.02. The van der Waals surface area contributed by atoms with Gasteiger partial charge in [-0.25, -0.2) is 0 Å². The van der Waals surface area contributed by atoms with Crippen LogP contribution in [-0.2, 0) is 0 Å². The third kappa shape index (κ3) is 4.14. The maximum Gasteiger partial charge on any atom is 0.164 e. The van der Waals surface area contributed by atoms with E-state index in [0.717, 1.165) is 23.1 Å². The van der Waals surface area contributed by atoms with Gasteiger partial charge in [0.05, 0.1) is 0 Å². The molecule has 0 aromatic heterocycles. The average molecular weight is 270 g/mol. The van der Waals surface area contributed by atoms with Crippen LogP contribution in [0.5, 0.6) is 0 Å². The summed E-state index contributed by atoms with van der Waals surface area (Å²) in [5.74, 6) is 0.205. The van der Waals surface area contributed by atoms with Crippen LogP contribution in [0.1, 0.15) is 23.7 Å². The van der Waals surface area contributed by atoms with Crippen LogP contribution in [0.2, 0.25) is 0 Å². The van der Waals surface area contributed by atoms with Gasteiger partial charge in [0.25, 0.3) is 0 Å². The van der Waals surface area contributed by atoms with Crippen LogP contribution in [0.15, 0.2) is 28.7 Å². The first-order chi connectivity index (χ1) is 7.13. The van der Waals surface area contributed by atoms with Crippen LogP contribution in [0.4, 0.5) is 0 Å². The molecule has 0 aliphatic carbocycles. The molecule has 3 heteroatoms. The second-order valence-electron chi connectivity index (χ2n) is 3.58. The topological polar surface area (TPSA) is 20.3 Å². The van der Waals surface area contributed by atoms with Gasteiger partial charge < -0.3 is 4.90 Å². The number of nitrogens with zero attached hydrogens (tertiary/aromatic N) is 1. The van der Waals surface area contributed by atoms with Crippen molar-refractivity contribution in [1.82, 2.24) is 4.90 Å². The van der Waals surface area contributed by atoms with Crippen molar-refractivity contribution in [1.29, 1.82) is 0 Å². The zero-order valence-corrected chi connectivity index (χ0v) is 10.8. The van der Waals surface area contributed by atoms with E-state index in [-0.39, 0.29) is 5.78 Å². The summed E-state index contributed by atoms with van der Waals surface area (Å²) < 4.78 is 0.956. The number of carbonyl (C=O) groups is 1. The molecular weight excluding hydrogens is 254 g/mol. The van der Waals surface area contributed by atoms with Gasteiger partial charge >= 0.3 is 0 Å². The standard InChI is InChI=1S/C12H16BrNO/c1-3-14(2)8-7-12(15)10-5-4-6-11(13)9-10/h4-6,9H,3,7-8H2,1-2H3. The van der Waals surface area contributed by atoms with Gasteiger partial charge in [0.1, 0.15) is 0 Å². The average Bonchev–Trinajstić information content (AvgIpc) is 2.25. The number of halogens is 1. The molecule has 0 heterocycles. The fourth-order valence-electron chi connectivity index (χ4n) is 1.26. The number of hydrogen-bond donors (Lipinski definition) is 0. The van der Waals surface area contributed by atoms with Gasteiger partial charge in [0, 0.05) is 23.0 Å². The molecule has 82 valence electrons. The Hall–Kier alpha value is -0.670. The van der Waals surface area contributed by atoms with Crippen molar-refractivity contribution in [3.05, 3.63) is 34.3 Å². The third-order valence-electron chi connectivity index (χ3n) is 2.41. The van der Waals surface area contributed by atoms with E-state index < -0.39 is 0 Å². The molecule has 0 saturated carbocycles. The Morgan fingerprint density at radius 3 is 2.80 bits per heavy atom. The van der Waals surface area contributed by atoms with Crippen molar-refractivity contribution in [2.75, 3.05) is 20.1 Å². The predicted molar refractivity (Wildman–Crippen MR) is 66.3 cm³/mol. The SMILES string of the molecule is CCN(C)CCC(=O)c1cccc(Br)c1. The first-order valence-corrected chi connectivity index (χ1v) is 5.90. The lowest BCUT2D eigenvalue weighted by molar-refractivity contribution is 0.0970. The van der Waals surface area contributed by atoms with Gasteiger partial charge in [-0.05, 0) is 25.7 Å². The molecule has 1 aromatic carbocycles. The van der Waals surface area contributed by atoms with E-state index >= 15 is 0 Å². The van der Waals surface area contributed by atoms with Crippen molar-refractivity contribution in [2.45, 2.75) is 13.3 Å². The van der Waals surface area contributed by atoms with Gasteiger partial charge in [-0.15, -0.1) is 0 Å². The maximum atomic E-state index is 11.8. The van der Waals surface area contributed by atoms with E-state index in [4.69, 9.17) is 0 Å². The third-order valence-corrected chi connectivity index (χ3v) is 2.90. The van der Waals surface area contributed by atoms with Crippen molar-refractivity contribution in [3.63, 3.8) is 0 Å². The second-order valence-corrected chi connectivity index (χ2v) is 4.50. The van der Waals surface area contributed by atoms with E-state index in [1.165, 1.54) is 0 Å². The van der Waals surface area contributed by atoms with Crippen LogP contribution in [0.3, 0.4) is 0 Å². The van der Waals surface area contributed by atoms with Crippen LogP contribution in [0, 0.1) is 0 Å². The molecule has 0 amide bonds. The van der Waals surface area contributed by atoms with Gasteiger partial charge in [-0.3, -0.25) is 4.79 Å². The summed E-state index contributed by atoms with van der Waals surface area (Å²) in [4.78, 5) is 13.9. The van der Waals surface area contributed by atoms with Crippen molar-refractivity contribution in [2.24, 2.45) is 0 Å². The Labute approximate surface area is 99.4 Å². The molecule has 0 radical (unpaired) electrons. The second kappa shape index (κ2) is 6.03. The minimum Gasteiger partial charge on any atom is -0.306 e. The highest BCUT2D eigenvalue weighted by molar-refractivity contribution is 9.10.